The predicted molar refractivity (Wildman–Crippen MR) is 123 cm³/mol. The van der Waals surface area contributed by atoms with E-state index in [9.17, 15) is 14.4 Å². The molecule has 4 amide bonds. The number of rotatable bonds is 7. The highest BCUT2D eigenvalue weighted by Gasteiger charge is 2.37. The molecular weight excluding hydrogens is 432 g/mol. The molecule has 2 aromatic carbocycles. The van der Waals surface area contributed by atoms with Gasteiger partial charge >= 0.3 is 6.03 Å². The molecule has 1 aliphatic heterocycles. The summed E-state index contributed by atoms with van der Waals surface area (Å²) in [5, 5.41) is 2.58. The van der Waals surface area contributed by atoms with Gasteiger partial charge in [0.25, 0.3) is 11.8 Å². The van der Waals surface area contributed by atoms with Crippen LogP contribution in [0.1, 0.15) is 23.6 Å². The number of urea groups is 1. The van der Waals surface area contributed by atoms with Crippen molar-refractivity contribution in [3.63, 3.8) is 0 Å². The number of amides is 4. The van der Waals surface area contributed by atoms with Gasteiger partial charge in [-0.15, -0.1) is 6.58 Å². The topological polar surface area (TPSA) is 84.9 Å². The number of imide groups is 2. The molecule has 3 rings (SSSR count). The average Bonchev–Trinajstić information content (AvgIpc) is 2.74. The Balaban J connectivity index is 2.11. The number of carbonyl (C=O) groups is 3. The van der Waals surface area contributed by atoms with E-state index in [0.29, 0.717) is 46.4 Å². The first-order valence-corrected chi connectivity index (χ1v) is 10.3. The van der Waals surface area contributed by atoms with Crippen molar-refractivity contribution in [1.82, 2.24) is 5.32 Å². The van der Waals surface area contributed by atoms with Gasteiger partial charge < -0.3 is 9.47 Å². The molecule has 0 radical (unpaired) electrons. The molecule has 7 nitrogen and oxygen atoms in total. The van der Waals surface area contributed by atoms with Crippen LogP contribution >= 0.6 is 11.6 Å². The maximum absolute atomic E-state index is 13.2. The van der Waals surface area contributed by atoms with Gasteiger partial charge in [-0.3, -0.25) is 14.9 Å². The van der Waals surface area contributed by atoms with E-state index in [1.165, 1.54) is 19.3 Å². The molecule has 0 aliphatic carbocycles. The minimum atomic E-state index is -0.834. The Labute approximate surface area is 191 Å². The zero-order chi connectivity index (χ0) is 23.4. The summed E-state index contributed by atoms with van der Waals surface area (Å²) in [5.41, 5.74) is 2.09. The van der Waals surface area contributed by atoms with Gasteiger partial charge in [-0.2, -0.15) is 0 Å². The van der Waals surface area contributed by atoms with Crippen molar-refractivity contribution in [3.05, 3.63) is 70.3 Å². The smallest absolute Gasteiger partial charge is 0.335 e. The van der Waals surface area contributed by atoms with Gasteiger partial charge in [-0.25, -0.2) is 9.69 Å². The summed E-state index contributed by atoms with van der Waals surface area (Å²) in [5.74, 6) is -0.499. The lowest BCUT2D eigenvalue weighted by Gasteiger charge is -2.27. The van der Waals surface area contributed by atoms with Crippen LogP contribution in [0, 0.1) is 6.92 Å². The first-order chi connectivity index (χ1) is 15.3. The fourth-order valence-corrected chi connectivity index (χ4v) is 3.60. The van der Waals surface area contributed by atoms with Gasteiger partial charge in [0.2, 0.25) is 0 Å². The summed E-state index contributed by atoms with van der Waals surface area (Å²) in [6.07, 6.45) is 3.63. The molecule has 0 unspecified atom stereocenters. The number of halogens is 1. The highest BCUT2D eigenvalue weighted by atomic mass is 35.5. The van der Waals surface area contributed by atoms with Crippen molar-refractivity contribution in [2.75, 3.05) is 18.6 Å². The number of nitrogens with zero attached hydrogens (tertiary/aromatic N) is 1. The van der Waals surface area contributed by atoms with Gasteiger partial charge in [-0.05, 0) is 61.7 Å². The number of barbiturate groups is 1. The molecule has 8 heteroatoms. The molecule has 32 heavy (non-hydrogen) atoms. The minimum Gasteiger partial charge on any atom is -0.493 e. The van der Waals surface area contributed by atoms with E-state index in [-0.39, 0.29) is 5.57 Å². The largest absolute Gasteiger partial charge is 0.493 e. The molecule has 1 aliphatic rings. The number of aryl methyl sites for hydroxylation is 1. The molecule has 0 atom stereocenters. The lowest BCUT2D eigenvalue weighted by atomic mass is 10.0. The second-order valence-electron chi connectivity index (χ2n) is 7.03. The number of hydrogen-bond donors (Lipinski definition) is 1. The van der Waals surface area contributed by atoms with E-state index < -0.39 is 17.8 Å². The third kappa shape index (κ3) is 4.53. The molecule has 0 spiro atoms. The zero-order valence-electron chi connectivity index (χ0n) is 18.0. The summed E-state index contributed by atoms with van der Waals surface area (Å²) in [7, 11) is 1.54. The van der Waals surface area contributed by atoms with Gasteiger partial charge in [-0.1, -0.05) is 23.7 Å². The van der Waals surface area contributed by atoms with Crippen molar-refractivity contribution in [3.8, 4) is 11.5 Å². The Bertz CT molecular complexity index is 1140. The van der Waals surface area contributed by atoms with Gasteiger partial charge in [0.15, 0.2) is 11.5 Å². The monoisotopic (exact) mass is 454 g/mol. The molecular formula is C24H23ClN2O5. The zero-order valence-corrected chi connectivity index (χ0v) is 18.8. The molecule has 0 saturated carbocycles. The Morgan fingerprint density at radius 1 is 1.19 bits per heavy atom. The van der Waals surface area contributed by atoms with Crippen LogP contribution in [0.2, 0.25) is 5.02 Å². The fraction of sp³-hybridized carbons (Fsp3) is 0.208. The second kappa shape index (κ2) is 9.70. The number of nitrogens with one attached hydrogen (secondary N) is 1. The summed E-state index contributed by atoms with van der Waals surface area (Å²) in [4.78, 5) is 39.2. The lowest BCUT2D eigenvalue weighted by molar-refractivity contribution is -0.122. The number of allylic oxidation sites excluding steroid dienone is 1. The first kappa shape index (κ1) is 23.1. The Morgan fingerprint density at radius 3 is 2.59 bits per heavy atom. The number of carbonyl (C=O) groups excluding carboxylic acids is 3. The lowest BCUT2D eigenvalue weighted by Crippen LogP contribution is -2.54. The molecule has 1 heterocycles. The van der Waals surface area contributed by atoms with Crippen molar-refractivity contribution >= 4 is 41.2 Å². The Kier molecular flexibility index (Phi) is 7.00. The predicted octanol–water partition coefficient (Wildman–Crippen LogP) is 4.45. The molecule has 1 fully saturated rings. The quantitative estimate of drug-likeness (QED) is 0.379. The molecule has 166 valence electrons. The first-order valence-electron chi connectivity index (χ1n) is 9.92. The van der Waals surface area contributed by atoms with E-state index in [2.05, 4.69) is 11.9 Å². The Morgan fingerprint density at radius 2 is 1.94 bits per heavy atom. The van der Waals surface area contributed by atoms with Gasteiger partial charge in [0.1, 0.15) is 5.57 Å². The Hall–Kier alpha value is -3.58. The third-order valence-electron chi connectivity index (χ3n) is 4.85. The second-order valence-corrected chi connectivity index (χ2v) is 7.46. The summed E-state index contributed by atoms with van der Waals surface area (Å²) in [6.45, 7) is 7.74. The van der Waals surface area contributed by atoms with Crippen LogP contribution in [0.3, 0.4) is 0 Å². The van der Waals surface area contributed by atoms with Crippen LogP contribution in [0.25, 0.3) is 6.08 Å². The SMILES string of the molecule is C=CCc1cc(/C=C2\C(=O)NC(=O)N(c3cc(Cl)ccc3C)C2=O)cc(OCC)c1OC. The van der Waals surface area contributed by atoms with Crippen molar-refractivity contribution in [2.45, 2.75) is 20.3 Å². The van der Waals surface area contributed by atoms with Crippen molar-refractivity contribution in [1.29, 1.82) is 0 Å². The number of anilines is 1. The van der Waals surface area contributed by atoms with Gasteiger partial charge in [0, 0.05) is 10.6 Å². The maximum atomic E-state index is 13.2. The standard InChI is InChI=1S/C24H23ClN2O5/c1-5-7-16-10-15(12-20(32-6-2)21(16)31-4)11-18-22(28)26-24(30)27(23(18)29)19-13-17(25)9-8-14(19)3/h5,8-13H,1,6-7H2,2-4H3,(H,26,28,30)/b18-11+. The van der Waals surface area contributed by atoms with Crippen molar-refractivity contribution in [2.24, 2.45) is 0 Å². The van der Waals surface area contributed by atoms with E-state index in [1.807, 2.05) is 6.92 Å². The molecule has 1 saturated heterocycles. The normalized spacial score (nSPS) is 15.1. The highest BCUT2D eigenvalue weighted by molar-refractivity contribution is 6.39. The van der Waals surface area contributed by atoms with Crippen LogP contribution in [0.5, 0.6) is 11.5 Å². The average molecular weight is 455 g/mol. The minimum absolute atomic E-state index is 0.193. The fourth-order valence-electron chi connectivity index (χ4n) is 3.43. The number of benzene rings is 2. The third-order valence-corrected chi connectivity index (χ3v) is 5.08. The number of hydrogen-bond acceptors (Lipinski definition) is 5. The van der Waals surface area contributed by atoms with Gasteiger partial charge in [0.05, 0.1) is 19.4 Å². The number of ether oxygens (including phenoxy) is 2. The van der Waals surface area contributed by atoms with E-state index in [4.69, 9.17) is 21.1 Å². The molecule has 0 bridgehead atoms. The molecule has 0 aromatic heterocycles. The van der Waals surface area contributed by atoms with Crippen LogP contribution in [0.15, 0.2) is 48.6 Å². The van der Waals surface area contributed by atoms with Crippen LogP contribution in [-0.2, 0) is 16.0 Å². The number of methoxy groups -OCH3 is 1. The maximum Gasteiger partial charge on any atom is 0.335 e. The summed E-state index contributed by atoms with van der Waals surface area (Å²) in [6, 6.07) is 7.47. The summed E-state index contributed by atoms with van der Waals surface area (Å²) >= 11 is 6.06. The van der Waals surface area contributed by atoms with E-state index in [1.54, 1.807) is 37.3 Å². The van der Waals surface area contributed by atoms with Crippen molar-refractivity contribution < 1.29 is 23.9 Å². The van der Waals surface area contributed by atoms with Crippen LogP contribution in [-0.4, -0.2) is 31.6 Å². The van der Waals surface area contributed by atoms with E-state index >= 15 is 0 Å². The summed E-state index contributed by atoms with van der Waals surface area (Å²) < 4.78 is 11.2. The molecule has 1 N–H and O–H groups in total. The highest BCUT2D eigenvalue weighted by Crippen LogP contribution is 2.35. The molecule has 2 aromatic rings. The van der Waals surface area contributed by atoms with E-state index in [0.717, 1.165) is 10.5 Å². The van der Waals surface area contributed by atoms with Crippen LogP contribution in [0.4, 0.5) is 10.5 Å². The van der Waals surface area contributed by atoms with Crippen LogP contribution < -0.4 is 19.7 Å².